The number of aryl methyl sites for hydroxylation is 1. The molecule has 4 rings (SSSR count). The lowest BCUT2D eigenvalue weighted by Crippen LogP contribution is -2.45. The number of aromatic amines is 1. The lowest BCUT2D eigenvalue weighted by molar-refractivity contribution is -0.115. The van der Waals surface area contributed by atoms with Crippen LogP contribution >= 0.6 is 0 Å². The molecule has 8 heteroatoms. The molecule has 29 heavy (non-hydrogen) atoms. The van der Waals surface area contributed by atoms with E-state index in [9.17, 15) is 14.7 Å². The summed E-state index contributed by atoms with van der Waals surface area (Å²) < 4.78 is 0. The second-order valence-electron chi connectivity index (χ2n) is 8.51. The molecule has 2 unspecified atom stereocenters. The van der Waals surface area contributed by atoms with Crippen LogP contribution in [0.3, 0.4) is 0 Å². The van der Waals surface area contributed by atoms with Crippen molar-refractivity contribution in [2.75, 3.05) is 5.32 Å². The topological polar surface area (TPSA) is 111 Å². The Labute approximate surface area is 169 Å². The van der Waals surface area contributed by atoms with Crippen LogP contribution < -0.4 is 5.32 Å². The number of aromatic nitrogens is 3. The van der Waals surface area contributed by atoms with E-state index >= 15 is 0 Å². The fourth-order valence-electron chi connectivity index (χ4n) is 4.38. The molecule has 0 bridgehead atoms. The molecule has 2 aliphatic rings. The molecule has 2 atom stereocenters. The van der Waals surface area contributed by atoms with Gasteiger partial charge >= 0.3 is 6.09 Å². The Morgan fingerprint density at radius 1 is 1.38 bits per heavy atom. The number of carboxylic acid groups (broad SMARTS) is 1. The highest BCUT2D eigenvalue weighted by Gasteiger charge is 2.50. The number of rotatable bonds is 6. The largest absolute Gasteiger partial charge is 0.465 e. The van der Waals surface area contributed by atoms with Crippen molar-refractivity contribution in [2.45, 2.75) is 69.9 Å². The van der Waals surface area contributed by atoms with Gasteiger partial charge in [0.05, 0.1) is 12.1 Å². The van der Waals surface area contributed by atoms with Crippen molar-refractivity contribution >= 4 is 17.8 Å². The van der Waals surface area contributed by atoms with Gasteiger partial charge in [-0.2, -0.15) is 5.10 Å². The first kappa shape index (κ1) is 19.4. The van der Waals surface area contributed by atoms with Crippen LogP contribution in [0.4, 0.5) is 10.6 Å². The van der Waals surface area contributed by atoms with E-state index in [2.05, 4.69) is 20.5 Å². The highest BCUT2D eigenvalue weighted by Crippen LogP contribution is 2.47. The van der Waals surface area contributed by atoms with Gasteiger partial charge in [0.15, 0.2) is 5.82 Å². The summed E-state index contributed by atoms with van der Waals surface area (Å²) >= 11 is 0. The zero-order valence-electron chi connectivity index (χ0n) is 16.8. The van der Waals surface area contributed by atoms with Crippen molar-refractivity contribution in [3.05, 3.63) is 41.3 Å². The Hall–Kier alpha value is -2.90. The first-order valence-electron chi connectivity index (χ1n) is 10.1. The summed E-state index contributed by atoms with van der Waals surface area (Å²) in [5, 5.41) is 19.7. The first-order valence-corrected chi connectivity index (χ1v) is 10.1. The molecule has 154 valence electrons. The zero-order chi connectivity index (χ0) is 20.6. The monoisotopic (exact) mass is 397 g/mol. The molecule has 3 N–H and O–H groups in total. The van der Waals surface area contributed by atoms with Gasteiger partial charge in [-0.1, -0.05) is 6.07 Å². The van der Waals surface area contributed by atoms with Gasteiger partial charge in [-0.05, 0) is 57.6 Å². The maximum absolute atomic E-state index is 12.3. The highest BCUT2D eigenvalue weighted by molar-refractivity contribution is 5.91. The van der Waals surface area contributed by atoms with E-state index in [0.717, 1.165) is 49.1 Å². The normalized spacial score (nSPS) is 22.3. The molecular formula is C21H27N5O3. The van der Waals surface area contributed by atoms with Crippen molar-refractivity contribution in [1.29, 1.82) is 0 Å². The van der Waals surface area contributed by atoms with Crippen molar-refractivity contribution in [3.63, 3.8) is 0 Å². The third-order valence-electron chi connectivity index (χ3n) is 6.28. The molecular weight excluding hydrogens is 370 g/mol. The number of carbonyl (C=O) groups excluding carboxylic acids is 1. The van der Waals surface area contributed by atoms with Crippen LogP contribution in [0.1, 0.15) is 61.9 Å². The van der Waals surface area contributed by atoms with E-state index in [4.69, 9.17) is 0 Å². The van der Waals surface area contributed by atoms with Crippen LogP contribution in [0.15, 0.2) is 24.4 Å². The van der Waals surface area contributed by atoms with E-state index in [-0.39, 0.29) is 29.8 Å². The molecule has 2 amide bonds. The molecule has 0 spiro atoms. The summed E-state index contributed by atoms with van der Waals surface area (Å²) in [6.45, 7) is 3.96. The van der Waals surface area contributed by atoms with Gasteiger partial charge < -0.3 is 10.4 Å². The van der Waals surface area contributed by atoms with Gasteiger partial charge in [0, 0.05) is 35.5 Å². The molecule has 0 aromatic carbocycles. The summed E-state index contributed by atoms with van der Waals surface area (Å²) in [5.41, 5.74) is 2.49. The Morgan fingerprint density at radius 2 is 2.17 bits per heavy atom. The lowest BCUT2D eigenvalue weighted by atomic mass is 10.0. The van der Waals surface area contributed by atoms with Crippen molar-refractivity contribution < 1.29 is 14.7 Å². The Bertz CT molecular complexity index is 921. The average molecular weight is 397 g/mol. The third kappa shape index (κ3) is 4.11. The molecule has 2 heterocycles. The lowest BCUT2D eigenvalue weighted by Gasteiger charge is -2.32. The second kappa shape index (κ2) is 7.50. The van der Waals surface area contributed by atoms with Crippen molar-refractivity contribution in [3.8, 4) is 0 Å². The van der Waals surface area contributed by atoms with Crippen molar-refractivity contribution in [2.24, 2.45) is 0 Å². The number of amides is 2. The van der Waals surface area contributed by atoms with Crippen molar-refractivity contribution in [1.82, 2.24) is 20.1 Å². The number of nitrogens with one attached hydrogen (secondary N) is 2. The Morgan fingerprint density at radius 3 is 2.86 bits per heavy atom. The SMILES string of the molecule is Cc1cccnc1CC(=O)Nc1cc(C2CCC(N(C(=O)O)C3(C)CC3)C2)[nH]n1. The van der Waals surface area contributed by atoms with E-state index in [1.54, 1.807) is 11.1 Å². The van der Waals surface area contributed by atoms with Gasteiger partial charge in [0.25, 0.3) is 0 Å². The maximum atomic E-state index is 12.3. The fraction of sp³-hybridized carbons (Fsp3) is 0.524. The standard InChI is InChI=1S/C21H27N5O3/c1-13-4-3-9-22-16(13)12-19(27)23-18-11-17(24-25-18)14-5-6-15(10-14)26(20(28)29)21(2)7-8-21/h3-4,9,11,14-15H,5-8,10,12H2,1-2H3,(H,28,29)(H2,23,24,25,27). The zero-order valence-corrected chi connectivity index (χ0v) is 16.8. The Kier molecular flexibility index (Phi) is 5.02. The van der Waals surface area contributed by atoms with E-state index < -0.39 is 6.09 Å². The number of H-pyrrole nitrogens is 1. The molecule has 0 radical (unpaired) electrons. The molecule has 0 aliphatic heterocycles. The number of hydrogen-bond donors (Lipinski definition) is 3. The maximum Gasteiger partial charge on any atom is 0.408 e. The molecule has 2 aliphatic carbocycles. The van der Waals surface area contributed by atoms with Gasteiger partial charge in [-0.15, -0.1) is 0 Å². The van der Waals surface area contributed by atoms with Crippen LogP contribution in [0.5, 0.6) is 0 Å². The summed E-state index contributed by atoms with van der Waals surface area (Å²) in [5.74, 6) is 0.555. The predicted octanol–water partition coefficient (Wildman–Crippen LogP) is 3.46. The molecule has 2 aromatic rings. The third-order valence-corrected chi connectivity index (χ3v) is 6.28. The second-order valence-corrected chi connectivity index (χ2v) is 8.51. The van der Waals surface area contributed by atoms with E-state index in [0.29, 0.717) is 5.82 Å². The molecule has 8 nitrogen and oxygen atoms in total. The molecule has 2 aromatic heterocycles. The predicted molar refractivity (Wildman–Crippen MR) is 108 cm³/mol. The number of carbonyl (C=O) groups is 2. The van der Waals surface area contributed by atoms with Crippen LogP contribution in [0.2, 0.25) is 0 Å². The molecule has 0 saturated heterocycles. The minimum Gasteiger partial charge on any atom is -0.465 e. The van der Waals surface area contributed by atoms with Gasteiger partial charge in [0.2, 0.25) is 5.91 Å². The number of nitrogens with zero attached hydrogens (tertiary/aromatic N) is 3. The van der Waals surface area contributed by atoms with Crippen LogP contribution in [0.25, 0.3) is 0 Å². The number of pyridine rings is 1. The summed E-state index contributed by atoms with van der Waals surface area (Å²) in [4.78, 5) is 30.0. The summed E-state index contributed by atoms with van der Waals surface area (Å²) in [7, 11) is 0. The molecule has 2 fully saturated rings. The number of anilines is 1. The fourth-order valence-corrected chi connectivity index (χ4v) is 4.38. The van der Waals surface area contributed by atoms with Gasteiger partial charge in [-0.25, -0.2) is 4.79 Å². The highest BCUT2D eigenvalue weighted by atomic mass is 16.4. The Balaban J connectivity index is 1.36. The minimum atomic E-state index is -0.821. The van der Waals surface area contributed by atoms with Gasteiger partial charge in [0.1, 0.15) is 0 Å². The van der Waals surface area contributed by atoms with E-state index in [1.807, 2.05) is 32.0 Å². The van der Waals surface area contributed by atoms with Crippen LogP contribution in [-0.4, -0.2) is 48.8 Å². The summed E-state index contributed by atoms with van der Waals surface area (Å²) in [6, 6.07) is 5.68. The van der Waals surface area contributed by atoms with Gasteiger partial charge in [-0.3, -0.25) is 19.8 Å². The minimum absolute atomic E-state index is 0.0403. The van der Waals surface area contributed by atoms with E-state index in [1.165, 1.54) is 0 Å². The first-order chi connectivity index (χ1) is 13.9. The number of hydrogen-bond acceptors (Lipinski definition) is 4. The molecule has 2 saturated carbocycles. The van der Waals surface area contributed by atoms with Crippen LogP contribution in [-0.2, 0) is 11.2 Å². The quantitative estimate of drug-likeness (QED) is 0.691. The smallest absolute Gasteiger partial charge is 0.408 e. The van der Waals surface area contributed by atoms with Crippen LogP contribution in [0, 0.1) is 6.92 Å². The average Bonchev–Trinajstić information content (AvgIpc) is 3.07. The summed E-state index contributed by atoms with van der Waals surface area (Å²) in [6.07, 6.45) is 5.49.